The Kier molecular flexibility index (Phi) is 5.52. The fourth-order valence-corrected chi connectivity index (χ4v) is 1.03. The molecule has 0 fully saturated rings. The maximum Gasteiger partial charge on any atom is 0.304 e. The van der Waals surface area contributed by atoms with Crippen LogP contribution in [-0.4, -0.2) is 17.5 Å². The molecule has 0 aliphatic carbocycles. The Balaban J connectivity index is 0.000000162. The van der Waals surface area contributed by atoms with Crippen LogP contribution in [0.25, 0.3) is 0 Å². The van der Waals surface area contributed by atoms with Crippen molar-refractivity contribution in [3.63, 3.8) is 0 Å². The number of benzene rings is 1. The van der Waals surface area contributed by atoms with Crippen LogP contribution in [0.2, 0.25) is 5.02 Å². The van der Waals surface area contributed by atoms with Gasteiger partial charge in [0.15, 0.2) is 0 Å². The number of hydrogen-bond acceptors (Lipinski definition) is 2. The molecule has 0 aliphatic heterocycles. The van der Waals surface area contributed by atoms with E-state index in [1.54, 1.807) is 36.7 Å². The molecule has 4 heteroatoms. The van der Waals surface area contributed by atoms with Crippen LogP contribution in [-0.2, 0) is 0 Å². The lowest BCUT2D eigenvalue weighted by Gasteiger charge is -1.91. The highest BCUT2D eigenvalue weighted by Gasteiger charge is 1.89. The molecule has 0 amide bonds. The first kappa shape index (κ1) is 11.8. The van der Waals surface area contributed by atoms with Crippen molar-refractivity contribution in [3.8, 4) is 0 Å². The van der Waals surface area contributed by atoms with Gasteiger partial charge in [-0.3, -0.25) is 4.98 Å². The van der Waals surface area contributed by atoms with Gasteiger partial charge in [0, 0.05) is 17.4 Å². The third kappa shape index (κ3) is 5.20. The third-order valence-electron chi connectivity index (χ3n) is 1.66. The standard InChI is InChI=1S/C6H6BClO.C5H5N/c8-6-3-1-5(7-9)2-4-6;1-2-4-6-5-3-1/h1-4,7,9H;1-5H. The van der Waals surface area contributed by atoms with Crippen LogP contribution in [0.5, 0.6) is 0 Å². The summed E-state index contributed by atoms with van der Waals surface area (Å²) < 4.78 is 0. The van der Waals surface area contributed by atoms with Crippen molar-refractivity contribution in [1.29, 1.82) is 0 Å². The maximum absolute atomic E-state index is 8.59. The molecule has 1 N–H and O–H groups in total. The zero-order valence-corrected chi connectivity index (χ0v) is 8.93. The largest absolute Gasteiger partial charge is 0.449 e. The Bertz CT molecular complexity index is 339. The minimum atomic E-state index is 0.0805. The number of aromatic nitrogens is 1. The van der Waals surface area contributed by atoms with Gasteiger partial charge < -0.3 is 5.02 Å². The second-order valence-electron chi connectivity index (χ2n) is 2.81. The molecule has 0 spiro atoms. The van der Waals surface area contributed by atoms with E-state index in [1.165, 1.54) is 0 Å². The molecular weight excluding hydrogens is 208 g/mol. The first-order valence-electron chi connectivity index (χ1n) is 4.53. The zero-order valence-electron chi connectivity index (χ0n) is 8.18. The van der Waals surface area contributed by atoms with Crippen LogP contribution in [0, 0.1) is 0 Å². The molecule has 1 aromatic carbocycles. The number of nitrogens with zero attached hydrogens (tertiary/aromatic N) is 1. The smallest absolute Gasteiger partial charge is 0.304 e. The van der Waals surface area contributed by atoms with E-state index >= 15 is 0 Å². The lowest BCUT2D eigenvalue weighted by Crippen LogP contribution is -2.11. The number of pyridine rings is 1. The molecule has 1 aromatic heterocycles. The molecule has 0 radical (unpaired) electrons. The molecule has 0 saturated heterocycles. The highest BCUT2D eigenvalue weighted by Crippen LogP contribution is 2.02. The number of halogens is 1. The van der Waals surface area contributed by atoms with Crippen molar-refractivity contribution in [2.45, 2.75) is 0 Å². The quantitative estimate of drug-likeness (QED) is 0.736. The van der Waals surface area contributed by atoms with Crippen molar-refractivity contribution in [2.24, 2.45) is 0 Å². The molecule has 0 unspecified atom stereocenters. The number of hydrogen-bond donors (Lipinski definition) is 1. The van der Waals surface area contributed by atoms with E-state index in [9.17, 15) is 0 Å². The van der Waals surface area contributed by atoms with E-state index in [-0.39, 0.29) is 7.48 Å². The lowest BCUT2D eigenvalue weighted by molar-refractivity contribution is 0.615. The van der Waals surface area contributed by atoms with Crippen molar-refractivity contribution in [1.82, 2.24) is 4.98 Å². The predicted octanol–water partition coefficient (Wildman–Crippen LogP) is 1.39. The molecule has 76 valence electrons. The van der Waals surface area contributed by atoms with Gasteiger partial charge in [0.1, 0.15) is 0 Å². The molecule has 15 heavy (non-hydrogen) atoms. The van der Waals surface area contributed by atoms with Gasteiger partial charge in [-0.15, -0.1) is 0 Å². The minimum Gasteiger partial charge on any atom is -0.449 e. The fraction of sp³-hybridized carbons (Fsp3) is 0. The summed E-state index contributed by atoms with van der Waals surface area (Å²) in [7, 11) is 0.0805. The van der Waals surface area contributed by atoms with Crippen LogP contribution in [0.1, 0.15) is 0 Å². The zero-order chi connectivity index (χ0) is 10.9. The van der Waals surface area contributed by atoms with Crippen LogP contribution < -0.4 is 5.46 Å². The first-order chi connectivity index (χ1) is 7.33. The summed E-state index contributed by atoms with van der Waals surface area (Å²) in [5, 5.41) is 9.29. The van der Waals surface area contributed by atoms with E-state index in [1.807, 2.05) is 18.2 Å². The lowest BCUT2D eigenvalue weighted by atomic mass is 9.89. The Hall–Kier alpha value is -1.32. The van der Waals surface area contributed by atoms with Gasteiger partial charge in [0.05, 0.1) is 0 Å². The van der Waals surface area contributed by atoms with Crippen LogP contribution in [0.3, 0.4) is 0 Å². The number of rotatable bonds is 1. The molecule has 0 atom stereocenters. The molecule has 2 rings (SSSR count). The molecule has 0 saturated carbocycles. The van der Waals surface area contributed by atoms with Gasteiger partial charge >= 0.3 is 7.48 Å². The van der Waals surface area contributed by atoms with Gasteiger partial charge in [0.2, 0.25) is 0 Å². The monoisotopic (exact) mass is 219 g/mol. The summed E-state index contributed by atoms with van der Waals surface area (Å²) >= 11 is 5.59. The molecular formula is C11H11BClNO. The Labute approximate surface area is 94.8 Å². The average Bonchev–Trinajstić information content (AvgIpc) is 2.33. The predicted molar refractivity (Wildman–Crippen MR) is 64.7 cm³/mol. The van der Waals surface area contributed by atoms with Gasteiger partial charge in [-0.1, -0.05) is 35.3 Å². The molecule has 1 heterocycles. The molecule has 2 nitrogen and oxygen atoms in total. The normalized spacial score (nSPS) is 8.67. The van der Waals surface area contributed by atoms with E-state index in [4.69, 9.17) is 16.6 Å². The summed E-state index contributed by atoms with van der Waals surface area (Å²) in [4.78, 5) is 3.78. The average molecular weight is 219 g/mol. The Morgan fingerprint density at radius 2 is 1.60 bits per heavy atom. The fourth-order valence-electron chi connectivity index (χ4n) is 0.902. The second-order valence-corrected chi connectivity index (χ2v) is 3.25. The van der Waals surface area contributed by atoms with Crippen molar-refractivity contribution < 1.29 is 5.02 Å². The summed E-state index contributed by atoms with van der Waals surface area (Å²) in [6.45, 7) is 0. The van der Waals surface area contributed by atoms with Crippen LogP contribution in [0.15, 0.2) is 54.9 Å². The van der Waals surface area contributed by atoms with Gasteiger partial charge in [-0.25, -0.2) is 0 Å². The summed E-state index contributed by atoms with van der Waals surface area (Å²) in [5.41, 5.74) is 0.888. The SMILES string of the molecule is OBc1ccc(Cl)cc1.c1ccncc1. The minimum absolute atomic E-state index is 0.0805. The molecule has 0 aliphatic rings. The van der Waals surface area contributed by atoms with Crippen molar-refractivity contribution in [2.75, 3.05) is 0 Å². The highest BCUT2D eigenvalue weighted by atomic mass is 35.5. The van der Waals surface area contributed by atoms with Gasteiger partial charge in [-0.2, -0.15) is 0 Å². The van der Waals surface area contributed by atoms with Gasteiger partial charge in [0.25, 0.3) is 0 Å². The first-order valence-corrected chi connectivity index (χ1v) is 4.91. The highest BCUT2D eigenvalue weighted by molar-refractivity contribution is 6.45. The van der Waals surface area contributed by atoms with Crippen LogP contribution in [0.4, 0.5) is 0 Å². The molecule has 0 bridgehead atoms. The summed E-state index contributed by atoms with van der Waals surface area (Å²) in [5.74, 6) is 0. The maximum atomic E-state index is 8.59. The Morgan fingerprint density at radius 3 is 1.93 bits per heavy atom. The van der Waals surface area contributed by atoms with Crippen molar-refractivity contribution in [3.05, 3.63) is 59.9 Å². The third-order valence-corrected chi connectivity index (χ3v) is 1.91. The van der Waals surface area contributed by atoms with E-state index in [0.717, 1.165) is 5.46 Å². The van der Waals surface area contributed by atoms with E-state index in [2.05, 4.69) is 4.98 Å². The molecule has 2 aromatic rings. The van der Waals surface area contributed by atoms with Gasteiger partial charge in [-0.05, 0) is 24.3 Å². The summed E-state index contributed by atoms with van der Waals surface area (Å²) in [6.07, 6.45) is 3.50. The van der Waals surface area contributed by atoms with Crippen molar-refractivity contribution >= 4 is 24.5 Å². The topological polar surface area (TPSA) is 33.1 Å². The second kappa shape index (κ2) is 7.04. The summed E-state index contributed by atoms with van der Waals surface area (Å²) in [6, 6.07) is 12.8. The van der Waals surface area contributed by atoms with E-state index < -0.39 is 0 Å². The van der Waals surface area contributed by atoms with E-state index in [0.29, 0.717) is 5.02 Å². The van der Waals surface area contributed by atoms with Crippen LogP contribution >= 0.6 is 11.6 Å². The Morgan fingerprint density at radius 1 is 1.00 bits per heavy atom.